The minimum absolute atomic E-state index is 0.0522. The van der Waals surface area contributed by atoms with Crippen LogP contribution in [0.25, 0.3) is 0 Å². The minimum atomic E-state index is 0.0522. The lowest BCUT2D eigenvalue weighted by molar-refractivity contribution is -0.127. The quantitative estimate of drug-likeness (QED) is 0.711. The molecule has 4 nitrogen and oxygen atoms in total. The molecule has 0 aromatic heterocycles. The summed E-state index contributed by atoms with van der Waals surface area (Å²) in [5.74, 6) is 0.0522. The van der Waals surface area contributed by atoms with Gasteiger partial charge < -0.3 is 9.64 Å². The second kappa shape index (κ2) is 6.34. The lowest BCUT2D eigenvalue weighted by atomic mass is 9.96. The van der Waals surface area contributed by atoms with E-state index in [1.807, 2.05) is 7.05 Å². The first-order chi connectivity index (χ1) is 8.29. The SMILES string of the molecule is C=C(CN1CCOCC1)C(=O)N(C)CC(C)(C)C. The zero-order valence-electron chi connectivity index (χ0n) is 12.2. The molecule has 0 atom stereocenters. The van der Waals surface area contributed by atoms with E-state index in [-0.39, 0.29) is 11.3 Å². The van der Waals surface area contributed by atoms with Gasteiger partial charge in [-0.25, -0.2) is 0 Å². The number of nitrogens with zero attached hydrogens (tertiary/aromatic N) is 2. The molecular weight excluding hydrogens is 228 g/mol. The van der Waals surface area contributed by atoms with E-state index in [4.69, 9.17) is 4.74 Å². The Kier molecular flexibility index (Phi) is 5.35. The van der Waals surface area contributed by atoms with Gasteiger partial charge >= 0.3 is 0 Å². The molecule has 0 aromatic carbocycles. The Bertz CT molecular complexity index is 301. The monoisotopic (exact) mass is 254 g/mol. The summed E-state index contributed by atoms with van der Waals surface area (Å²) in [6.45, 7) is 15.0. The number of carbonyl (C=O) groups is 1. The molecule has 1 rings (SSSR count). The number of carbonyl (C=O) groups excluding carboxylic acids is 1. The van der Waals surface area contributed by atoms with Gasteiger partial charge in [-0.2, -0.15) is 0 Å². The van der Waals surface area contributed by atoms with Gasteiger partial charge in [-0.15, -0.1) is 0 Å². The maximum Gasteiger partial charge on any atom is 0.250 e. The third kappa shape index (κ3) is 5.19. The van der Waals surface area contributed by atoms with Crippen LogP contribution in [0.3, 0.4) is 0 Å². The number of morpholine rings is 1. The van der Waals surface area contributed by atoms with E-state index in [2.05, 4.69) is 32.3 Å². The molecule has 1 heterocycles. The number of likely N-dealkylation sites (N-methyl/N-ethyl adjacent to an activating group) is 1. The normalized spacial score (nSPS) is 17.6. The Morgan fingerprint density at radius 3 is 2.39 bits per heavy atom. The molecule has 0 aromatic rings. The lowest BCUT2D eigenvalue weighted by Gasteiger charge is -2.30. The van der Waals surface area contributed by atoms with Crippen molar-refractivity contribution in [3.05, 3.63) is 12.2 Å². The largest absolute Gasteiger partial charge is 0.379 e. The van der Waals surface area contributed by atoms with E-state index in [0.717, 1.165) is 32.8 Å². The first-order valence-corrected chi connectivity index (χ1v) is 6.53. The highest BCUT2D eigenvalue weighted by Gasteiger charge is 2.21. The van der Waals surface area contributed by atoms with Crippen LogP contribution in [-0.2, 0) is 9.53 Å². The van der Waals surface area contributed by atoms with E-state index in [1.54, 1.807) is 4.90 Å². The van der Waals surface area contributed by atoms with Crippen molar-refractivity contribution in [1.29, 1.82) is 0 Å². The standard InChI is InChI=1S/C14H26N2O2/c1-12(10-16-6-8-18-9-7-16)13(17)15(5)11-14(2,3)4/h1,6-11H2,2-5H3. The highest BCUT2D eigenvalue weighted by Crippen LogP contribution is 2.15. The van der Waals surface area contributed by atoms with Crippen LogP contribution in [-0.4, -0.2) is 62.1 Å². The van der Waals surface area contributed by atoms with Gasteiger partial charge in [0.15, 0.2) is 0 Å². The third-order valence-electron chi connectivity index (χ3n) is 2.88. The van der Waals surface area contributed by atoms with Crippen molar-refractivity contribution in [1.82, 2.24) is 9.80 Å². The number of amides is 1. The van der Waals surface area contributed by atoms with Crippen LogP contribution in [0, 0.1) is 5.41 Å². The van der Waals surface area contributed by atoms with Crippen LogP contribution in [0.2, 0.25) is 0 Å². The van der Waals surface area contributed by atoms with Gasteiger partial charge in [-0.1, -0.05) is 27.4 Å². The summed E-state index contributed by atoms with van der Waals surface area (Å²) >= 11 is 0. The molecule has 0 unspecified atom stereocenters. The van der Waals surface area contributed by atoms with Crippen LogP contribution >= 0.6 is 0 Å². The maximum atomic E-state index is 12.2. The molecule has 0 aliphatic carbocycles. The van der Waals surface area contributed by atoms with E-state index >= 15 is 0 Å². The Labute approximate surface area is 111 Å². The van der Waals surface area contributed by atoms with Crippen LogP contribution in [0.15, 0.2) is 12.2 Å². The van der Waals surface area contributed by atoms with Gasteiger partial charge in [0.2, 0.25) is 5.91 Å². The molecule has 1 amide bonds. The predicted molar refractivity (Wildman–Crippen MR) is 73.5 cm³/mol. The highest BCUT2D eigenvalue weighted by molar-refractivity contribution is 5.93. The number of hydrogen-bond donors (Lipinski definition) is 0. The summed E-state index contributed by atoms with van der Waals surface area (Å²) in [5.41, 5.74) is 0.785. The van der Waals surface area contributed by atoms with Crippen molar-refractivity contribution in [2.45, 2.75) is 20.8 Å². The third-order valence-corrected chi connectivity index (χ3v) is 2.88. The molecule has 0 spiro atoms. The van der Waals surface area contributed by atoms with Crippen molar-refractivity contribution < 1.29 is 9.53 Å². The minimum Gasteiger partial charge on any atom is -0.379 e. The van der Waals surface area contributed by atoms with Crippen LogP contribution < -0.4 is 0 Å². The molecule has 1 aliphatic rings. The fraction of sp³-hybridized carbons (Fsp3) is 0.786. The summed E-state index contributed by atoms with van der Waals surface area (Å²) in [7, 11) is 1.85. The Morgan fingerprint density at radius 2 is 1.89 bits per heavy atom. The molecule has 0 bridgehead atoms. The number of ether oxygens (including phenoxy) is 1. The van der Waals surface area contributed by atoms with Crippen LogP contribution in [0.1, 0.15) is 20.8 Å². The van der Waals surface area contributed by atoms with Crippen LogP contribution in [0.4, 0.5) is 0 Å². The maximum absolute atomic E-state index is 12.2. The molecule has 0 N–H and O–H groups in total. The average molecular weight is 254 g/mol. The molecule has 1 fully saturated rings. The molecule has 4 heteroatoms. The molecular formula is C14H26N2O2. The zero-order chi connectivity index (χ0) is 13.8. The summed E-state index contributed by atoms with van der Waals surface area (Å²) in [6, 6.07) is 0. The lowest BCUT2D eigenvalue weighted by Crippen LogP contribution is -2.41. The van der Waals surface area contributed by atoms with Gasteiger partial charge in [-0.05, 0) is 5.41 Å². The summed E-state index contributed by atoms with van der Waals surface area (Å²) in [6.07, 6.45) is 0. The van der Waals surface area contributed by atoms with Crippen molar-refractivity contribution in [3.63, 3.8) is 0 Å². The second-order valence-electron chi connectivity index (χ2n) is 6.21. The van der Waals surface area contributed by atoms with Crippen LogP contribution in [0.5, 0.6) is 0 Å². The first kappa shape index (κ1) is 15.2. The molecule has 104 valence electrons. The fourth-order valence-corrected chi connectivity index (χ4v) is 2.15. The van der Waals surface area contributed by atoms with Crippen molar-refractivity contribution in [2.75, 3.05) is 46.4 Å². The molecule has 1 saturated heterocycles. The summed E-state index contributed by atoms with van der Waals surface area (Å²) in [4.78, 5) is 16.1. The van der Waals surface area contributed by atoms with Gasteiger partial charge in [0.05, 0.1) is 13.2 Å². The molecule has 1 aliphatic heterocycles. The van der Waals surface area contributed by atoms with Gasteiger partial charge in [0.1, 0.15) is 0 Å². The molecule has 0 saturated carbocycles. The highest BCUT2D eigenvalue weighted by atomic mass is 16.5. The van der Waals surface area contributed by atoms with E-state index in [1.165, 1.54) is 0 Å². The molecule has 18 heavy (non-hydrogen) atoms. The van der Waals surface area contributed by atoms with Gasteiger partial charge in [0, 0.05) is 38.8 Å². The second-order valence-corrected chi connectivity index (χ2v) is 6.21. The van der Waals surface area contributed by atoms with E-state index < -0.39 is 0 Å². The Hall–Kier alpha value is -0.870. The Balaban J connectivity index is 2.42. The molecule has 0 radical (unpaired) electrons. The van der Waals surface area contributed by atoms with Crippen molar-refractivity contribution in [2.24, 2.45) is 5.41 Å². The van der Waals surface area contributed by atoms with Crippen molar-refractivity contribution >= 4 is 5.91 Å². The smallest absolute Gasteiger partial charge is 0.250 e. The van der Waals surface area contributed by atoms with E-state index in [0.29, 0.717) is 12.1 Å². The first-order valence-electron chi connectivity index (χ1n) is 6.53. The van der Waals surface area contributed by atoms with Gasteiger partial charge in [-0.3, -0.25) is 9.69 Å². The summed E-state index contributed by atoms with van der Waals surface area (Å²) in [5, 5.41) is 0. The number of hydrogen-bond acceptors (Lipinski definition) is 3. The van der Waals surface area contributed by atoms with Crippen molar-refractivity contribution in [3.8, 4) is 0 Å². The predicted octanol–water partition coefficient (Wildman–Crippen LogP) is 1.38. The fourth-order valence-electron chi connectivity index (χ4n) is 2.15. The average Bonchev–Trinajstić information content (AvgIpc) is 2.27. The van der Waals surface area contributed by atoms with E-state index in [9.17, 15) is 4.79 Å². The number of rotatable bonds is 4. The topological polar surface area (TPSA) is 32.8 Å². The summed E-state index contributed by atoms with van der Waals surface area (Å²) < 4.78 is 5.29. The van der Waals surface area contributed by atoms with Gasteiger partial charge in [0.25, 0.3) is 0 Å². The Morgan fingerprint density at radius 1 is 1.33 bits per heavy atom. The zero-order valence-corrected chi connectivity index (χ0v) is 12.2.